The SMILES string of the molecule is C#CC[N+](CCCCCCCC)(CCCCCCCC)C(C)I.[Cl-]. The normalized spacial score (nSPS) is 12.5. The number of halogens is 2. The molecule has 1 atom stereocenters. The first-order chi connectivity index (χ1) is 11.1. The van der Waals surface area contributed by atoms with Gasteiger partial charge in [-0.25, -0.2) is 0 Å². The molecule has 0 fully saturated rings. The molecule has 0 rings (SSSR count). The highest BCUT2D eigenvalue weighted by Gasteiger charge is 2.30. The molecule has 0 radical (unpaired) electrons. The second kappa shape index (κ2) is 18.3. The molecule has 24 heavy (non-hydrogen) atoms. The Morgan fingerprint density at radius 3 is 1.50 bits per heavy atom. The first-order valence-electron chi connectivity index (χ1n) is 10.1. The summed E-state index contributed by atoms with van der Waals surface area (Å²) in [6, 6.07) is 0. The molecule has 0 aliphatic rings. The summed E-state index contributed by atoms with van der Waals surface area (Å²) < 4.78 is 1.76. The van der Waals surface area contributed by atoms with Crippen LogP contribution < -0.4 is 12.4 Å². The average molecular weight is 470 g/mol. The number of rotatable bonds is 16. The average Bonchev–Trinajstić information content (AvgIpc) is 2.53. The Morgan fingerprint density at radius 1 is 0.792 bits per heavy atom. The van der Waals surface area contributed by atoms with Crippen molar-refractivity contribution in [2.24, 2.45) is 0 Å². The number of alkyl halides is 1. The van der Waals surface area contributed by atoms with Gasteiger partial charge in [0.2, 0.25) is 0 Å². The van der Waals surface area contributed by atoms with Crippen molar-refractivity contribution >= 4 is 22.6 Å². The summed E-state index contributed by atoms with van der Waals surface area (Å²) >= 11 is 2.61. The van der Waals surface area contributed by atoms with E-state index in [1.165, 1.54) is 90.1 Å². The predicted molar refractivity (Wildman–Crippen MR) is 114 cm³/mol. The van der Waals surface area contributed by atoms with Crippen LogP contribution in [0.15, 0.2) is 0 Å². The summed E-state index contributed by atoms with van der Waals surface area (Å²) in [6.07, 6.45) is 22.2. The van der Waals surface area contributed by atoms with Gasteiger partial charge in [-0.05, 0) is 61.1 Å². The number of hydrogen-bond acceptors (Lipinski definition) is 0. The van der Waals surface area contributed by atoms with Crippen LogP contribution in [0, 0.1) is 12.3 Å². The van der Waals surface area contributed by atoms with Crippen molar-refractivity contribution in [3.63, 3.8) is 0 Å². The fourth-order valence-electron chi connectivity index (χ4n) is 3.35. The Bertz CT molecular complexity index is 283. The molecule has 0 N–H and O–H groups in total. The third kappa shape index (κ3) is 12.8. The number of terminal acetylenes is 1. The van der Waals surface area contributed by atoms with E-state index in [2.05, 4.69) is 49.3 Å². The zero-order valence-corrected chi connectivity index (χ0v) is 19.4. The van der Waals surface area contributed by atoms with Crippen LogP contribution in [0.25, 0.3) is 0 Å². The van der Waals surface area contributed by atoms with Gasteiger partial charge in [0.15, 0.2) is 0 Å². The minimum Gasteiger partial charge on any atom is -1.00 e. The molecule has 0 bridgehead atoms. The van der Waals surface area contributed by atoms with Gasteiger partial charge in [-0.15, -0.1) is 6.42 Å². The molecule has 0 aliphatic carbocycles. The van der Waals surface area contributed by atoms with E-state index in [0.717, 1.165) is 11.0 Å². The molecule has 0 aliphatic heterocycles. The van der Waals surface area contributed by atoms with Crippen LogP contribution in [0.2, 0.25) is 0 Å². The zero-order valence-electron chi connectivity index (χ0n) is 16.5. The first-order valence-corrected chi connectivity index (χ1v) is 11.3. The van der Waals surface area contributed by atoms with Gasteiger partial charge in [0, 0.05) is 0 Å². The number of unbranched alkanes of at least 4 members (excludes halogenated alkanes) is 10. The first kappa shape index (κ1) is 26.8. The van der Waals surface area contributed by atoms with E-state index in [1.807, 2.05) is 0 Å². The predicted octanol–water partition coefficient (Wildman–Crippen LogP) is 3.94. The maximum Gasteiger partial charge on any atom is 0.141 e. The van der Waals surface area contributed by atoms with Crippen LogP contribution >= 0.6 is 22.6 Å². The van der Waals surface area contributed by atoms with Crippen LogP contribution in [-0.4, -0.2) is 28.2 Å². The molecule has 0 aromatic heterocycles. The number of hydrogen-bond donors (Lipinski definition) is 0. The highest BCUT2D eigenvalue weighted by Crippen LogP contribution is 2.23. The van der Waals surface area contributed by atoms with Gasteiger partial charge in [-0.1, -0.05) is 65.2 Å². The lowest BCUT2D eigenvalue weighted by atomic mass is 10.1. The van der Waals surface area contributed by atoms with Crippen LogP contribution in [0.3, 0.4) is 0 Å². The van der Waals surface area contributed by atoms with Crippen molar-refractivity contribution in [3.05, 3.63) is 0 Å². The van der Waals surface area contributed by atoms with Gasteiger partial charge in [-0.2, -0.15) is 0 Å². The van der Waals surface area contributed by atoms with Crippen LogP contribution in [0.5, 0.6) is 0 Å². The molecule has 0 spiro atoms. The molecule has 0 heterocycles. The minimum absolute atomic E-state index is 0. The van der Waals surface area contributed by atoms with E-state index in [9.17, 15) is 0 Å². The molecular weight excluding hydrogens is 429 g/mol. The molecule has 1 unspecified atom stereocenters. The highest BCUT2D eigenvalue weighted by molar-refractivity contribution is 14.1. The largest absolute Gasteiger partial charge is 1.00 e. The summed E-state index contributed by atoms with van der Waals surface area (Å²) in [5.74, 6) is 2.98. The topological polar surface area (TPSA) is 0 Å². The van der Waals surface area contributed by atoms with Crippen molar-refractivity contribution in [2.45, 2.75) is 102 Å². The molecule has 144 valence electrons. The Morgan fingerprint density at radius 2 is 1.17 bits per heavy atom. The monoisotopic (exact) mass is 469 g/mol. The van der Waals surface area contributed by atoms with Gasteiger partial charge in [-0.3, -0.25) is 0 Å². The number of nitrogens with zero attached hydrogens (tertiary/aromatic N) is 1. The van der Waals surface area contributed by atoms with Crippen LogP contribution in [-0.2, 0) is 0 Å². The Kier molecular flexibility index (Phi) is 20.4. The molecule has 0 aromatic rings. The molecule has 0 aromatic carbocycles. The Hall–Kier alpha value is 0.540. The lowest BCUT2D eigenvalue weighted by Crippen LogP contribution is -3.00. The molecule has 0 saturated carbocycles. The second-order valence-electron chi connectivity index (χ2n) is 7.14. The summed E-state index contributed by atoms with van der Waals surface area (Å²) in [7, 11) is 0. The minimum atomic E-state index is 0. The van der Waals surface area contributed by atoms with Gasteiger partial charge in [0.05, 0.1) is 13.1 Å². The zero-order chi connectivity index (χ0) is 17.4. The molecule has 0 amide bonds. The number of quaternary nitrogens is 1. The van der Waals surface area contributed by atoms with Crippen LogP contribution in [0.1, 0.15) is 97.8 Å². The maximum absolute atomic E-state index is 5.72. The van der Waals surface area contributed by atoms with E-state index in [-0.39, 0.29) is 12.4 Å². The van der Waals surface area contributed by atoms with Crippen molar-refractivity contribution in [2.75, 3.05) is 19.6 Å². The highest BCUT2D eigenvalue weighted by atomic mass is 127. The maximum atomic E-state index is 5.72. The summed E-state index contributed by atoms with van der Waals surface area (Å²) in [6.45, 7) is 10.4. The smallest absolute Gasteiger partial charge is 0.141 e. The van der Waals surface area contributed by atoms with Gasteiger partial charge < -0.3 is 16.9 Å². The van der Waals surface area contributed by atoms with Crippen molar-refractivity contribution in [3.8, 4) is 12.3 Å². The van der Waals surface area contributed by atoms with E-state index < -0.39 is 0 Å². The standard InChI is InChI=1S/C21H41IN.ClH/c1-5-8-10-12-14-16-19-23(18-7-3,21(4)22)20-17-15-13-11-9-6-2;/h3,21H,5-6,8-20H2,1-2,4H3;1H/q+1;/p-1. The quantitative estimate of drug-likeness (QED) is 0.0802. The summed E-state index contributed by atoms with van der Waals surface area (Å²) in [5.41, 5.74) is 0. The third-order valence-electron chi connectivity index (χ3n) is 5.07. The second-order valence-corrected chi connectivity index (χ2v) is 8.94. The van der Waals surface area contributed by atoms with Crippen molar-refractivity contribution in [1.82, 2.24) is 0 Å². The van der Waals surface area contributed by atoms with Gasteiger partial charge in [0.1, 0.15) is 10.6 Å². The van der Waals surface area contributed by atoms with Gasteiger partial charge in [0.25, 0.3) is 0 Å². The lowest BCUT2D eigenvalue weighted by molar-refractivity contribution is -0.926. The lowest BCUT2D eigenvalue weighted by Gasteiger charge is -2.40. The third-order valence-corrected chi connectivity index (χ3v) is 6.26. The van der Waals surface area contributed by atoms with Gasteiger partial charge >= 0.3 is 0 Å². The van der Waals surface area contributed by atoms with E-state index in [4.69, 9.17) is 6.42 Å². The fraction of sp³-hybridized carbons (Fsp3) is 0.905. The van der Waals surface area contributed by atoms with E-state index in [0.29, 0.717) is 4.05 Å². The molecule has 0 saturated heterocycles. The Balaban J connectivity index is 0. The van der Waals surface area contributed by atoms with E-state index in [1.54, 1.807) is 0 Å². The van der Waals surface area contributed by atoms with Crippen molar-refractivity contribution in [1.29, 1.82) is 0 Å². The Labute approximate surface area is 172 Å². The summed E-state index contributed by atoms with van der Waals surface area (Å²) in [5, 5.41) is 0. The fourth-order valence-corrected chi connectivity index (χ4v) is 4.10. The summed E-state index contributed by atoms with van der Waals surface area (Å²) in [4.78, 5) is 0. The van der Waals surface area contributed by atoms with Crippen LogP contribution in [0.4, 0.5) is 0 Å². The van der Waals surface area contributed by atoms with Crippen molar-refractivity contribution < 1.29 is 16.9 Å². The van der Waals surface area contributed by atoms with E-state index >= 15 is 0 Å². The molecule has 1 nitrogen and oxygen atoms in total. The molecule has 3 heteroatoms. The molecular formula is C21H41ClIN.